The molecule has 110 valence electrons. The minimum atomic E-state index is -1.63. The van der Waals surface area contributed by atoms with Crippen molar-refractivity contribution in [2.24, 2.45) is 0 Å². The third kappa shape index (κ3) is 9.61. The molecule has 0 aliphatic heterocycles. The summed E-state index contributed by atoms with van der Waals surface area (Å²) < 4.78 is -2.92. The highest BCUT2D eigenvalue weighted by atomic mass is 35.6. The summed E-state index contributed by atoms with van der Waals surface area (Å²) in [5.74, 6) is 0.768. The Morgan fingerprint density at radius 1 is 0.556 bits per heavy atom. The Kier molecular flexibility index (Phi) is 11.5. The van der Waals surface area contributed by atoms with E-state index in [4.69, 9.17) is 69.6 Å². The Hall–Kier alpha value is 1.74. The van der Waals surface area contributed by atoms with E-state index >= 15 is 0 Å². The molecule has 0 aliphatic rings. The van der Waals surface area contributed by atoms with E-state index in [-0.39, 0.29) is 0 Å². The summed E-state index contributed by atoms with van der Waals surface area (Å²) in [7, 11) is 0. The molecule has 0 aromatic carbocycles. The molecule has 0 heterocycles. The Morgan fingerprint density at radius 2 is 0.944 bits per heavy atom. The van der Waals surface area contributed by atoms with Gasteiger partial charge in [-0.1, -0.05) is 103 Å². The van der Waals surface area contributed by atoms with Crippen LogP contribution >= 0.6 is 69.6 Å². The van der Waals surface area contributed by atoms with Crippen LogP contribution in [0.5, 0.6) is 0 Å². The largest absolute Gasteiger partial charge is 0.223 e. The molecule has 0 fully saturated rings. The number of hydrogen-bond donors (Lipinski definition) is 0. The summed E-state index contributed by atoms with van der Waals surface area (Å²) in [5, 5.41) is 0. The summed E-state index contributed by atoms with van der Waals surface area (Å²) in [6, 6.07) is 0. The molecule has 0 aromatic rings. The number of rotatable bonds is 10. The van der Waals surface area contributed by atoms with Crippen molar-refractivity contribution in [3.8, 4) is 0 Å². The summed E-state index contributed by atoms with van der Waals surface area (Å²) in [5.41, 5.74) is 0. The summed E-state index contributed by atoms with van der Waals surface area (Å²) in [6.07, 6.45) is 9.70. The first-order valence-corrected chi connectivity index (χ1v) is 8.74. The van der Waals surface area contributed by atoms with Crippen molar-refractivity contribution in [2.45, 2.75) is 65.9 Å². The Balaban J connectivity index is 3.41. The van der Waals surface area contributed by atoms with E-state index in [2.05, 4.69) is 0 Å². The van der Waals surface area contributed by atoms with Gasteiger partial charge in [0.25, 0.3) is 0 Å². The highest BCUT2D eigenvalue weighted by Gasteiger charge is 2.44. The second kappa shape index (κ2) is 10.5. The van der Waals surface area contributed by atoms with Crippen molar-refractivity contribution in [1.82, 2.24) is 0 Å². The summed E-state index contributed by atoms with van der Waals surface area (Å²) in [4.78, 5) is 0. The van der Waals surface area contributed by atoms with E-state index in [0.717, 1.165) is 25.1 Å². The predicted octanol–water partition coefficient (Wildman–Crippen LogP) is 7.28. The molecule has 6 heteroatoms. The van der Waals surface area contributed by atoms with Gasteiger partial charge in [0.2, 0.25) is 3.79 Å². The molecule has 0 spiro atoms. The molecule has 0 bridgehead atoms. The molecule has 18 heavy (non-hydrogen) atoms. The third-order valence-corrected chi connectivity index (χ3v) is 5.55. The van der Waals surface area contributed by atoms with Crippen LogP contribution in [0.4, 0.5) is 0 Å². The Morgan fingerprint density at radius 3 is 1.33 bits per heavy atom. The third-order valence-electron chi connectivity index (χ3n) is 2.79. The van der Waals surface area contributed by atoms with Crippen LogP contribution in [0.25, 0.3) is 0 Å². The van der Waals surface area contributed by atoms with E-state index in [1.807, 2.05) is 0 Å². The van der Waals surface area contributed by atoms with Gasteiger partial charge >= 0.3 is 0 Å². The van der Waals surface area contributed by atoms with Crippen LogP contribution in [0.15, 0.2) is 0 Å². The van der Waals surface area contributed by atoms with Gasteiger partial charge in [-0.2, -0.15) is 0 Å². The minimum Gasteiger partial charge on any atom is -0.127 e. The van der Waals surface area contributed by atoms with Gasteiger partial charge in [-0.05, 0) is 12.8 Å². The van der Waals surface area contributed by atoms with Gasteiger partial charge in [-0.3, -0.25) is 0 Å². The zero-order valence-electron chi connectivity index (χ0n) is 10.3. The van der Waals surface area contributed by atoms with E-state index in [1.165, 1.54) is 32.1 Å². The monoisotopic (exact) mass is 374 g/mol. The zero-order valence-corrected chi connectivity index (χ0v) is 14.9. The first-order chi connectivity index (χ1) is 8.31. The standard InChI is InChI=1S/C12H20Cl6/c13-10-8-6-4-2-1-3-5-7-9-11(14,15)12(16,17)18/h1-10H2. The molecule has 0 rings (SSSR count). The van der Waals surface area contributed by atoms with Gasteiger partial charge in [0.05, 0.1) is 0 Å². The number of alkyl halides is 6. The predicted molar refractivity (Wildman–Crippen MR) is 87.0 cm³/mol. The van der Waals surface area contributed by atoms with E-state index < -0.39 is 8.13 Å². The molecule has 0 nitrogen and oxygen atoms in total. The molecule has 0 saturated heterocycles. The topological polar surface area (TPSA) is 0 Å². The van der Waals surface area contributed by atoms with E-state index in [0.29, 0.717) is 6.42 Å². The van der Waals surface area contributed by atoms with Crippen LogP contribution in [-0.4, -0.2) is 14.0 Å². The highest BCUT2D eigenvalue weighted by molar-refractivity contribution is 6.75. The molecule has 0 aliphatic carbocycles. The summed E-state index contributed by atoms with van der Waals surface area (Å²) >= 11 is 34.6. The maximum absolute atomic E-state index is 5.97. The quantitative estimate of drug-likeness (QED) is 0.277. The molecule has 0 amide bonds. The molecule has 0 radical (unpaired) electrons. The molecule has 0 aromatic heterocycles. The molecule has 0 atom stereocenters. The second-order valence-corrected chi connectivity index (χ2v) is 8.61. The minimum absolute atomic E-state index is 0.499. The lowest BCUT2D eigenvalue weighted by Crippen LogP contribution is -2.30. The molecule has 0 saturated carbocycles. The van der Waals surface area contributed by atoms with Crippen LogP contribution in [0.1, 0.15) is 57.8 Å². The van der Waals surface area contributed by atoms with E-state index in [1.54, 1.807) is 0 Å². The maximum Gasteiger partial charge on any atom is 0.223 e. The fraction of sp³-hybridized carbons (Fsp3) is 1.00. The van der Waals surface area contributed by atoms with Crippen molar-refractivity contribution < 1.29 is 0 Å². The van der Waals surface area contributed by atoms with Crippen LogP contribution in [0.2, 0.25) is 0 Å². The van der Waals surface area contributed by atoms with Gasteiger partial charge < -0.3 is 0 Å². The lowest BCUT2D eigenvalue weighted by molar-refractivity contribution is 0.550. The summed E-state index contributed by atoms with van der Waals surface area (Å²) in [6.45, 7) is 0. The Bertz CT molecular complexity index is 199. The molecule has 0 N–H and O–H groups in total. The molecular weight excluding hydrogens is 357 g/mol. The van der Waals surface area contributed by atoms with Crippen LogP contribution in [0, 0.1) is 0 Å². The second-order valence-electron chi connectivity index (χ2n) is 4.47. The van der Waals surface area contributed by atoms with Crippen LogP contribution in [-0.2, 0) is 0 Å². The van der Waals surface area contributed by atoms with Gasteiger partial charge in [0.15, 0.2) is 4.33 Å². The SMILES string of the molecule is ClCCCCCCCCCCC(Cl)(Cl)C(Cl)(Cl)Cl. The smallest absolute Gasteiger partial charge is 0.127 e. The molecular formula is C12H20Cl6. The maximum atomic E-state index is 5.97. The van der Waals surface area contributed by atoms with Crippen molar-refractivity contribution in [2.75, 3.05) is 5.88 Å². The zero-order chi connectivity index (χ0) is 14.1. The van der Waals surface area contributed by atoms with Gasteiger partial charge in [-0.25, -0.2) is 0 Å². The van der Waals surface area contributed by atoms with E-state index in [9.17, 15) is 0 Å². The lowest BCUT2D eigenvalue weighted by atomic mass is 10.1. The average molecular weight is 377 g/mol. The van der Waals surface area contributed by atoms with Crippen molar-refractivity contribution in [3.63, 3.8) is 0 Å². The van der Waals surface area contributed by atoms with Gasteiger partial charge in [-0.15, -0.1) is 11.6 Å². The lowest BCUT2D eigenvalue weighted by Gasteiger charge is -2.27. The van der Waals surface area contributed by atoms with Crippen molar-refractivity contribution in [1.29, 1.82) is 0 Å². The van der Waals surface area contributed by atoms with Gasteiger partial charge in [0.1, 0.15) is 0 Å². The fourth-order valence-corrected chi connectivity index (χ4v) is 2.38. The molecule has 0 unspecified atom stereocenters. The van der Waals surface area contributed by atoms with Crippen LogP contribution in [0.3, 0.4) is 0 Å². The number of unbranched alkanes of at least 4 members (excludes halogenated alkanes) is 7. The first kappa shape index (κ1) is 19.7. The van der Waals surface area contributed by atoms with Crippen LogP contribution < -0.4 is 0 Å². The normalized spacial score (nSPS) is 13.0. The fourth-order valence-electron chi connectivity index (χ4n) is 1.64. The van der Waals surface area contributed by atoms with Crippen molar-refractivity contribution >= 4 is 69.6 Å². The first-order valence-electron chi connectivity index (χ1n) is 6.32. The number of halogens is 6. The van der Waals surface area contributed by atoms with Gasteiger partial charge in [0, 0.05) is 5.88 Å². The highest BCUT2D eigenvalue weighted by Crippen LogP contribution is 2.48. The van der Waals surface area contributed by atoms with Crippen molar-refractivity contribution in [3.05, 3.63) is 0 Å². The Labute approximate surface area is 141 Å². The number of hydrogen-bond acceptors (Lipinski definition) is 0. The average Bonchev–Trinajstić information content (AvgIpc) is 2.25.